The van der Waals surface area contributed by atoms with Crippen molar-refractivity contribution in [3.8, 4) is 0 Å². The van der Waals surface area contributed by atoms with Gasteiger partial charge in [-0.2, -0.15) is 0 Å². The Labute approximate surface area is 81.8 Å². The fourth-order valence-corrected chi connectivity index (χ4v) is 8.31. The Hall–Kier alpha value is -0.0500. The molecule has 0 bridgehead atoms. The zero-order valence-corrected chi connectivity index (χ0v) is 10.00. The number of rotatable bonds is 0. The molecule has 1 heteroatoms. The van der Waals surface area contributed by atoms with Crippen LogP contribution in [0.15, 0.2) is 33.5 Å². The van der Waals surface area contributed by atoms with Gasteiger partial charge >= 0.3 is 81.9 Å². The minimum absolute atomic E-state index is 0.817. The first-order valence-corrected chi connectivity index (χ1v) is 8.12. The summed E-state index contributed by atoms with van der Waals surface area (Å²) in [5.41, 5.74) is 3.22. The van der Waals surface area contributed by atoms with Gasteiger partial charge in [0.2, 0.25) is 0 Å². The molecule has 2 aliphatic rings. The van der Waals surface area contributed by atoms with Crippen molar-refractivity contribution in [3.05, 3.63) is 33.5 Å². The van der Waals surface area contributed by atoms with Crippen molar-refractivity contribution in [2.75, 3.05) is 0 Å². The van der Waals surface area contributed by atoms with Crippen molar-refractivity contribution in [3.63, 3.8) is 0 Å². The zero-order chi connectivity index (χ0) is 8.72. The Morgan fingerprint density at radius 1 is 1.25 bits per heavy atom. The number of hydrogen-bond donors (Lipinski definition) is 0. The third-order valence-corrected chi connectivity index (χ3v) is 9.98. The van der Waals surface area contributed by atoms with Gasteiger partial charge in [0.15, 0.2) is 0 Å². The number of fused-ring (bicyclic) bond motifs is 1. The van der Waals surface area contributed by atoms with Gasteiger partial charge in [-0.05, 0) is 0 Å². The van der Waals surface area contributed by atoms with Crippen molar-refractivity contribution >= 4 is 19.8 Å². The first-order chi connectivity index (χ1) is 5.70. The van der Waals surface area contributed by atoms with Gasteiger partial charge in [0, 0.05) is 0 Å². The van der Waals surface area contributed by atoms with E-state index in [0.717, 1.165) is 7.85 Å². The van der Waals surface area contributed by atoms with Gasteiger partial charge in [0.05, 0.1) is 0 Å². The van der Waals surface area contributed by atoms with Crippen LogP contribution in [-0.2, 0) is 0 Å². The summed E-state index contributed by atoms with van der Waals surface area (Å²) in [5.74, 6) is 0. The molecule has 2 atom stereocenters. The summed E-state index contributed by atoms with van der Waals surface area (Å²) in [6.45, 7) is 6.97. The van der Waals surface area contributed by atoms with Crippen molar-refractivity contribution in [1.82, 2.24) is 0 Å². The van der Waals surface area contributed by atoms with Crippen LogP contribution in [0.5, 0.6) is 0 Å². The fourth-order valence-electron chi connectivity index (χ4n) is 1.72. The van der Waals surface area contributed by atoms with E-state index < -0.39 is 19.8 Å². The molecule has 0 N–H and O–H groups in total. The van der Waals surface area contributed by atoms with Gasteiger partial charge in [0.1, 0.15) is 0 Å². The average Bonchev–Trinajstić information content (AvgIpc) is 2.32. The van der Waals surface area contributed by atoms with E-state index in [-0.39, 0.29) is 0 Å². The monoisotopic (exact) mass is 274 g/mol. The molecule has 2 aliphatic heterocycles. The van der Waals surface area contributed by atoms with E-state index in [0.29, 0.717) is 0 Å². The molecule has 2 heterocycles. The van der Waals surface area contributed by atoms with Crippen molar-refractivity contribution in [2.45, 2.75) is 28.6 Å². The van der Waals surface area contributed by atoms with Crippen LogP contribution in [0.2, 0.25) is 0 Å². The molecule has 2 rings (SSSR count). The Bertz CT molecular complexity index is 283. The van der Waals surface area contributed by atoms with Crippen LogP contribution in [-0.4, -0.2) is 7.85 Å². The van der Waals surface area contributed by atoms with Crippen LogP contribution >= 0.6 is 19.8 Å². The normalized spacial score (nSPS) is 36.1. The summed E-state index contributed by atoms with van der Waals surface area (Å²) in [6, 6.07) is 0. The van der Waals surface area contributed by atoms with Gasteiger partial charge in [-0.25, -0.2) is 0 Å². The van der Waals surface area contributed by atoms with Crippen molar-refractivity contribution in [2.24, 2.45) is 0 Å². The molecular weight excluding hydrogens is 259 g/mol. The first kappa shape index (κ1) is 8.54. The van der Waals surface area contributed by atoms with E-state index >= 15 is 0 Å². The predicted octanol–water partition coefficient (Wildman–Crippen LogP) is 3.68. The molecule has 2 unspecified atom stereocenters. The molecule has 0 aromatic rings. The SMILES string of the molecule is CC1=CC2C(C)=CC=CI2C1C. The third-order valence-electron chi connectivity index (χ3n) is 2.70. The molecule has 0 aromatic carbocycles. The van der Waals surface area contributed by atoms with E-state index in [1.54, 1.807) is 11.1 Å². The van der Waals surface area contributed by atoms with Crippen molar-refractivity contribution in [1.29, 1.82) is 0 Å². The molecule has 0 spiro atoms. The standard InChI is InChI=1S/C11H15I/c1-8-5-4-6-12-10(3)9(2)7-11(8)12/h4-7,10-11H,1-3H3. The second-order valence-corrected chi connectivity index (χ2v) is 9.62. The minimum atomic E-state index is -0.817. The fraction of sp³-hybridized carbons (Fsp3) is 0.455. The van der Waals surface area contributed by atoms with E-state index in [2.05, 4.69) is 43.1 Å². The Balaban J connectivity index is 2.34. The van der Waals surface area contributed by atoms with Crippen molar-refractivity contribution < 1.29 is 0 Å². The molecule has 0 nitrogen and oxygen atoms in total. The van der Waals surface area contributed by atoms with E-state index in [1.165, 1.54) is 0 Å². The Morgan fingerprint density at radius 2 is 2.00 bits per heavy atom. The zero-order valence-electron chi connectivity index (χ0n) is 7.84. The van der Waals surface area contributed by atoms with Gasteiger partial charge in [-0.1, -0.05) is 0 Å². The van der Waals surface area contributed by atoms with E-state index in [9.17, 15) is 0 Å². The summed E-state index contributed by atoms with van der Waals surface area (Å²) in [4.78, 5) is 0. The number of hydrogen-bond acceptors (Lipinski definition) is 0. The average molecular weight is 274 g/mol. The van der Waals surface area contributed by atoms with E-state index in [1.807, 2.05) is 0 Å². The summed E-state index contributed by atoms with van der Waals surface area (Å²) in [6.07, 6.45) is 7.06. The van der Waals surface area contributed by atoms with E-state index in [4.69, 9.17) is 0 Å². The quantitative estimate of drug-likeness (QED) is 0.359. The molecule has 0 aliphatic carbocycles. The Morgan fingerprint density at radius 3 is 2.67 bits per heavy atom. The number of halogens is 1. The summed E-state index contributed by atoms with van der Waals surface area (Å²) < 4.78 is 4.27. The number of alkyl halides is 2. The summed E-state index contributed by atoms with van der Waals surface area (Å²) in [5, 5.41) is 0. The topological polar surface area (TPSA) is 0 Å². The third kappa shape index (κ3) is 1.18. The molecule has 0 aromatic heterocycles. The molecule has 0 saturated heterocycles. The first-order valence-electron chi connectivity index (χ1n) is 4.39. The Kier molecular flexibility index (Phi) is 2.15. The van der Waals surface area contributed by atoms with Gasteiger partial charge in [-0.15, -0.1) is 0 Å². The molecular formula is C11H15I. The van der Waals surface area contributed by atoms with Crippen LogP contribution in [0.25, 0.3) is 0 Å². The van der Waals surface area contributed by atoms with Crippen LogP contribution in [0, 0.1) is 0 Å². The maximum absolute atomic E-state index is 2.51. The molecule has 0 fully saturated rings. The maximum atomic E-state index is 2.51. The second-order valence-electron chi connectivity index (χ2n) is 3.54. The second kappa shape index (κ2) is 3.02. The molecule has 0 saturated carbocycles. The van der Waals surface area contributed by atoms with Gasteiger partial charge in [-0.3, -0.25) is 0 Å². The molecule has 0 radical (unpaired) electrons. The summed E-state index contributed by atoms with van der Waals surface area (Å²) in [7, 11) is 0. The summed E-state index contributed by atoms with van der Waals surface area (Å²) >= 11 is -0.817. The van der Waals surface area contributed by atoms with Gasteiger partial charge in [0.25, 0.3) is 0 Å². The molecule has 12 heavy (non-hydrogen) atoms. The predicted molar refractivity (Wildman–Crippen MR) is 63.9 cm³/mol. The van der Waals surface area contributed by atoms with Crippen LogP contribution in [0.1, 0.15) is 20.8 Å². The van der Waals surface area contributed by atoms with Crippen LogP contribution in [0.4, 0.5) is 0 Å². The number of allylic oxidation sites excluding steroid dienone is 5. The molecule has 0 amide bonds. The van der Waals surface area contributed by atoms with Gasteiger partial charge < -0.3 is 0 Å². The van der Waals surface area contributed by atoms with Crippen LogP contribution < -0.4 is 0 Å². The van der Waals surface area contributed by atoms with Crippen LogP contribution in [0.3, 0.4) is 0 Å². The molecule has 66 valence electrons.